The number of hydrogen-bond acceptors (Lipinski definition) is 3. The highest BCUT2D eigenvalue weighted by Crippen LogP contribution is 2.29. The van der Waals surface area contributed by atoms with E-state index in [-0.39, 0.29) is 12.1 Å². The van der Waals surface area contributed by atoms with Gasteiger partial charge in [0.2, 0.25) is 0 Å². The highest BCUT2D eigenvalue weighted by molar-refractivity contribution is 6.31. The normalized spacial score (nSPS) is 12.9. The maximum atomic E-state index is 6.40. The molecule has 2 aromatic rings. The van der Waals surface area contributed by atoms with Gasteiger partial charge in [0.1, 0.15) is 0 Å². The van der Waals surface area contributed by atoms with Gasteiger partial charge in [0, 0.05) is 11.7 Å². The predicted molar refractivity (Wildman–Crippen MR) is 86.7 cm³/mol. The third-order valence-electron chi connectivity index (χ3n) is 3.35. The molecule has 0 aliphatic heterocycles. The van der Waals surface area contributed by atoms with Gasteiger partial charge in [-0.15, -0.1) is 0 Å². The van der Waals surface area contributed by atoms with Crippen LogP contribution in [0.25, 0.3) is 0 Å². The number of halogens is 1. The maximum absolute atomic E-state index is 6.40. The van der Waals surface area contributed by atoms with Crippen LogP contribution in [0, 0.1) is 6.92 Å². The standard InChI is InChI=1S/C16H23ClN4/c1-5-9-18-15(14-8-6-7-12(4)20-14)16-13(17)10-19-21(16)11(2)3/h6-8,10-11,15,18H,5,9H2,1-4H3. The Labute approximate surface area is 131 Å². The van der Waals surface area contributed by atoms with Crippen molar-refractivity contribution in [3.8, 4) is 0 Å². The first-order valence-corrected chi connectivity index (χ1v) is 7.82. The first kappa shape index (κ1) is 16.0. The van der Waals surface area contributed by atoms with E-state index in [0.29, 0.717) is 5.02 Å². The molecule has 0 saturated heterocycles. The molecule has 0 aromatic carbocycles. The van der Waals surface area contributed by atoms with E-state index >= 15 is 0 Å². The lowest BCUT2D eigenvalue weighted by Gasteiger charge is -2.22. The molecule has 5 heteroatoms. The molecule has 2 aromatic heterocycles. The Kier molecular flexibility index (Phi) is 5.37. The Morgan fingerprint density at radius 3 is 2.71 bits per heavy atom. The van der Waals surface area contributed by atoms with E-state index in [9.17, 15) is 0 Å². The first-order valence-electron chi connectivity index (χ1n) is 7.44. The number of aromatic nitrogens is 3. The van der Waals surface area contributed by atoms with Gasteiger partial charge in [-0.25, -0.2) is 0 Å². The van der Waals surface area contributed by atoms with Crippen LogP contribution < -0.4 is 5.32 Å². The van der Waals surface area contributed by atoms with Crippen molar-refractivity contribution in [3.63, 3.8) is 0 Å². The average Bonchev–Trinajstić information content (AvgIpc) is 2.82. The van der Waals surface area contributed by atoms with Gasteiger partial charge < -0.3 is 5.32 Å². The summed E-state index contributed by atoms with van der Waals surface area (Å²) in [6.45, 7) is 9.26. The molecule has 0 amide bonds. The second-order valence-corrected chi connectivity index (χ2v) is 5.91. The molecule has 0 saturated carbocycles. The number of pyridine rings is 1. The van der Waals surface area contributed by atoms with Crippen molar-refractivity contribution < 1.29 is 0 Å². The van der Waals surface area contributed by atoms with Crippen molar-refractivity contribution in [2.45, 2.75) is 46.2 Å². The molecule has 0 radical (unpaired) electrons. The molecule has 1 N–H and O–H groups in total. The monoisotopic (exact) mass is 306 g/mol. The SMILES string of the molecule is CCCNC(c1cccc(C)n1)c1c(Cl)cnn1C(C)C. The van der Waals surface area contributed by atoms with E-state index in [0.717, 1.165) is 30.0 Å². The summed E-state index contributed by atoms with van der Waals surface area (Å²) < 4.78 is 1.97. The first-order chi connectivity index (χ1) is 10.0. The Morgan fingerprint density at radius 1 is 1.33 bits per heavy atom. The van der Waals surface area contributed by atoms with Gasteiger partial charge in [0.25, 0.3) is 0 Å². The zero-order chi connectivity index (χ0) is 15.4. The Bertz CT molecular complexity index is 592. The summed E-state index contributed by atoms with van der Waals surface area (Å²) in [6, 6.07) is 6.28. The van der Waals surface area contributed by atoms with E-state index in [2.05, 4.69) is 36.2 Å². The Balaban J connectivity index is 2.48. The summed E-state index contributed by atoms with van der Waals surface area (Å²) in [5.74, 6) is 0. The molecule has 0 fully saturated rings. The van der Waals surface area contributed by atoms with Crippen molar-refractivity contribution in [2.24, 2.45) is 0 Å². The van der Waals surface area contributed by atoms with Crippen LogP contribution in [0.15, 0.2) is 24.4 Å². The third kappa shape index (κ3) is 3.63. The lowest BCUT2D eigenvalue weighted by molar-refractivity contribution is 0.468. The zero-order valence-corrected chi connectivity index (χ0v) is 13.9. The second-order valence-electron chi connectivity index (χ2n) is 5.51. The minimum atomic E-state index is -0.0396. The van der Waals surface area contributed by atoms with Gasteiger partial charge in [-0.1, -0.05) is 24.6 Å². The van der Waals surface area contributed by atoms with Crippen LogP contribution in [-0.2, 0) is 0 Å². The fourth-order valence-electron chi connectivity index (χ4n) is 2.39. The van der Waals surface area contributed by atoms with Crippen LogP contribution >= 0.6 is 11.6 Å². The summed E-state index contributed by atoms with van der Waals surface area (Å²) in [4.78, 5) is 4.66. The topological polar surface area (TPSA) is 42.7 Å². The van der Waals surface area contributed by atoms with E-state index in [4.69, 9.17) is 11.6 Å². The Morgan fingerprint density at radius 2 is 2.10 bits per heavy atom. The number of nitrogens with one attached hydrogen (secondary N) is 1. The summed E-state index contributed by atoms with van der Waals surface area (Å²) in [5, 5.41) is 8.63. The molecule has 0 aliphatic rings. The van der Waals surface area contributed by atoms with Gasteiger partial charge in [0.15, 0.2) is 0 Å². The molecular formula is C16H23ClN4. The lowest BCUT2D eigenvalue weighted by Crippen LogP contribution is -2.27. The molecule has 0 aliphatic carbocycles. The molecule has 2 heterocycles. The van der Waals surface area contributed by atoms with Crippen molar-refractivity contribution >= 4 is 11.6 Å². The van der Waals surface area contributed by atoms with E-state index in [1.165, 1.54) is 0 Å². The van der Waals surface area contributed by atoms with Gasteiger partial charge in [-0.05, 0) is 45.9 Å². The number of aryl methyl sites for hydroxylation is 1. The average molecular weight is 307 g/mol. The minimum Gasteiger partial charge on any atom is -0.304 e. The van der Waals surface area contributed by atoms with Crippen LogP contribution in [0.2, 0.25) is 5.02 Å². The lowest BCUT2D eigenvalue weighted by atomic mass is 10.1. The van der Waals surface area contributed by atoms with Crippen LogP contribution in [0.4, 0.5) is 0 Å². The molecule has 0 spiro atoms. The molecule has 114 valence electrons. The molecule has 1 unspecified atom stereocenters. The van der Waals surface area contributed by atoms with Crippen LogP contribution in [0.1, 0.15) is 56.4 Å². The smallest absolute Gasteiger partial charge is 0.0937 e. The van der Waals surface area contributed by atoms with Gasteiger partial charge in [-0.2, -0.15) is 5.10 Å². The van der Waals surface area contributed by atoms with Gasteiger partial charge in [0.05, 0.1) is 28.6 Å². The molecular weight excluding hydrogens is 284 g/mol. The van der Waals surface area contributed by atoms with Crippen LogP contribution in [-0.4, -0.2) is 21.3 Å². The summed E-state index contributed by atoms with van der Waals surface area (Å²) in [7, 11) is 0. The van der Waals surface area contributed by atoms with Crippen molar-refractivity contribution in [3.05, 3.63) is 46.5 Å². The molecule has 2 rings (SSSR count). The third-order valence-corrected chi connectivity index (χ3v) is 3.64. The van der Waals surface area contributed by atoms with Crippen molar-refractivity contribution in [1.29, 1.82) is 0 Å². The van der Waals surface area contributed by atoms with E-state index in [1.807, 2.05) is 29.8 Å². The summed E-state index contributed by atoms with van der Waals surface area (Å²) in [6.07, 6.45) is 2.77. The summed E-state index contributed by atoms with van der Waals surface area (Å²) >= 11 is 6.40. The minimum absolute atomic E-state index is 0.0396. The molecule has 1 atom stereocenters. The van der Waals surface area contributed by atoms with Crippen LogP contribution in [0.3, 0.4) is 0 Å². The number of rotatable bonds is 6. The zero-order valence-electron chi connectivity index (χ0n) is 13.1. The number of hydrogen-bond donors (Lipinski definition) is 1. The largest absolute Gasteiger partial charge is 0.304 e. The quantitative estimate of drug-likeness (QED) is 0.880. The Hall–Kier alpha value is -1.39. The molecule has 21 heavy (non-hydrogen) atoms. The fraction of sp³-hybridized carbons (Fsp3) is 0.500. The van der Waals surface area contributed by atoms with E-state index < -0.39 is 0 Å². The fourth-order valence-corrected chi connectivity index (χ4v) is 2.63. The second kappa shape index (κ2) is 7.05. The molecule has 4 nitrogen and oxygen atoms in total. The summed E-state index contributed by atoms with van der Waals surface area (Å²) in [5.41, 5.74) is 2.97. The van der Waals surface area contributed by atoms with E-state index in [1.54, 1.807) is 6.20 Å². The highest BCUT2D eigenvalue weighted by Gasteiger charge is 2.24. The van der Waals surface area contributed by atoms with Crippen LogP contribution in [0.5, 0.6) is 0 Å². The van der Waals surface area contributed by atoms with Crippen molar-refractivity contribution in [2.75, 3.05) is 6.54 Å². The predicted octanol–water partition coefficient (Wildman–Crippen LogP) is 3.91. The maximum Gasteiger partial charge on any atom is 0.0937 e. The number of nitrogens with zero attached hydrogens (tertiary/aromatic N) is 3. The van der Waals surface area contributed by atoms with Crippen molar-refractivity contribution in [1.82, 2.24) is 20.1 Å². The molecule has 0 bridgehead atoms. The van der Waals surface area contributed by atoms with Gasteiger partial charge >= 0.3 is 0 Å². The highest BCUT2D eigenvalue weighted by atomic mass is 35.5. The van der Waals surface area contributed by atoms with Gasteiger partial charge in [-0.3, -0.25) is 9.67 Å².